The molecule has 0 saturated carbocycles. The molecule has 0 fully saturated rings. The summed E-state index contributed by atoms with van der Waals surface area (Å²) in [6, 6.07) is 9.98. The molecule has 5 heteroatoms. The van der Waals surface area contributed by atoms with Gasteiger partial charge < -0.3 is 15.2 Å². The number of phenolic OH excluding ortho intramolecular Hbond substituents is 1. The average molecular weight is 326 g/mol. The minimum absolute atomic E-state index is 0.302. The summed E-state index contributed by atoms with van der Waals surface area (Å²) < 4.78 is 19.3. The van der Waals surface area contributed by atoms with Gasteiger partial charge in [-0.3, -0.25) is 0 Å². The van der Waals surface area contributed by atoms with E-state index in [1.54, 1.807) is 19.2 Å². The Morgan fingerprint density at radius 2 is 2.11 bits per heavy atom. The summed E-state index contributed by atoms with van der Waals surface area (Å²) in [5, 5.41) is 12.7. The first-order valence-electron chi connectivity index (χ1n) is 5.65. The van der Waals surface area contributed by atoms with Gasteiger partial charge in [-0.1, -0.05) is 28.1 Å². The van der Waals surface area contributed by atoms with Gasteiger partial charge in [-0.15, -0.1) is 0 Å². The molecule has 2 rings (SSSR count). The fourth-order valence-corrected chi connectivity index (χ4v) is 2.07. The highest BCUT2D eigenvalue weighted by molar-refractivity contribution is 9.10. The van der Waals surface area contributed by atoms with Crippen molar-refractivity contribution in [3.8, 4) is 11.5 Å². The van der Waals surface area contributed by atoms with Crippen LogP contribution in [0, 0.1) is 5.82 Å². The van der Waals surface area contributed by atoms with Crippen LogP contribution < -0.4 is 10.1 Å². The molecule has 0 aliphatic carbocycles. The van der Waals surface area contributed by atoms with E-state index < -0.39 is 5.82 Å². The van der Waals surface area contributed by atoms with Gasteiger partial charge in [0.25, 0.3) is 0 Å². The third-order valence-electron chi connectivity index (χ3n) is 2.70. The highest BCUT2D eigenvalue weighted by Crippen LogP contribution is 2.29. The van der Waals surface area contributed by atoms with Gasteiger partial charge in [0.15, 0.2) is 11.6 Å². The lowest BCUT2D eigenvalue weighted by Crippen LogP contribution is -2.02. The van der Waals surface area contributed by atoms with Crippen LogP contribution in [0.3, 0.4) is 0 Å². The Morgan fingerprint density at radius 1 is 1.32 bits per heavy atom. The van der Waals surface area contributed by atoms with E-state index in [9.17, 15) is 9.50 Å². The highest BCUT2D eigenvalue weighted by Gasteiger charge is 2.08. The number of para-hydroxylation sites is 1. The lowest BCUT2D eigenvalue weighted by molar-refractivity contribution is 0.416. The van der Waals surface area contributed by atoms with Gasteiger partial charge in [0.05, 0.1) is 12.8 Å². The summed E-state index contributed by atoms with van der Waals surface area (Å²) in [6.07, 6.45) is 0. The fraction of sp³-hybridized carbons (Fsp3) is 0.143. The van der Waals surface area contributed by atoms with Gasteiger partial charge in [-0.05, 0) is 24.3 Å². The number of hydrogen-bond acceptors (Lipinski definition) is 3. The molecule has 0 radical (unpaired) electrons. The van der Waals surface area contributed by atoms with Crippen molar-refractivity contribution in [3.05, 3.63) is 52.3 Å². The zero-order valence-electron chi connectivity index (χ0n) is 10.3. The number of nitrogens with one attached hydrogen (secondary N) is 1. The van der Waals surface area contributed by atoms with Crippen LogP contribution in [-0.2, 0) is 6.54 Å². The second kappa shape index (κ2) is 5.93. The number of hydrogen-bond donors (Lipinski definition) is 2. The van der Waals surface area contributed by atoms with Crippen molar-refractivity contribution in [2.45, 2.75) is 6.54 Å². The Bertz CT molecular complexity index is 590. The van der Waals surface area contributed by atoms with Crippen LogP contribution in [0.1, 0.15) is 5.56 Å². The lowest BCUT2D eigenvalue weighted by atomic mass is 10.2. The standard InChI is InChI=1S/C14H13BrFNO2/c1-19-13-6-5-10(15)7-12(13)17-8-9-3-2-4-11(16)14(9)18/h2-7,17-18H,8H2,1H3. The topological polar surface area (TPSA) is 41.5 Å². The average Bonchev–Trinajstić information content (AvgIpc) is 2.40. The molecule has 0 bridgehead atoms. The van der Waals surface area contributed by atoms with Crippen molar-refractivity contribution in [1.29, 1.82) is 0 Å². The van der Waals surface area contributed by atoms with E-state index in [0.717, 1.165) is 10.2 Å². The predicted molar refractivity (Wildman–Crippen MR) is 76.1 cm³/mol. The summed E-state index contributed by atoms with van der Waals surface area (Å²) in [4.78, 5) is 0. The molecule has 0 spiro atoms. The number of aromatic hydroxyl groups is 1. The van der Waals surface area contributed by atoms with Crippen LogP contribution >= 0.6 is 15.9 Å². The minimum atomic E-state index is -0.625. The first kappa shape index (κ1) is 13.7. The molecule has 2 aromatic carbocycles. The molecule has 19 heavy (non-hydrogen) atoms. The van der Waals surface area contributed by atoms with Crippen molar-refractivity contribution in [3.63, 3.8) is 0 Å². The van der Waals surface area contributed by atoms with Crippen LogP contribution in [0.25, 0.3) is 0 Å². The Balaban J connectivity index is 2.18. The first-order valence-corrected chi connectivity index (χ1v) is 6.45. The number of rotatable bonds is 4. The molecule has 0 aliphatic rings. The molecule has 100 valence electrons. The second-order valence-electron chi connectivity index (χ2n) is 3.95. The first-order chi connectivity index (χ1) is 9.11. The highest BCUT2D eigenvalue weighted by atomic mass is 79.9. The number of benzene rings is 2. The predicted octanol–water partition coefficient (Wildman–Crippen LogP) is 3.91. The van der Waals surface area contributed by atoms with E-state index in [-0.39, 0.29) is 5.75 Å². The zero-order chi connectivity index (χ0) is 13.8. The van der Waals surface area contributed by atoms with Crippen LogP contribution in [-0.4, -0.2) is 12.2 Å². The molecule has 0 aromatic heterocycles. The van der Waals surface area contributed by atoms with Gasteiger partial charge in [0, 0.05) is 16.6 Å². The van der Waals surface area contributed by atoms with Crippen LogP contribution in [0.4, 0.5) is 10.1 Å². The Kier molecular flexibility index (Phi) is 4.27. The summed E-state index contributed by atoms with van der Waals surface area (Å²) in [7, 11) is 1.58. The SMILES string of the molecule is COc1ccc(Br)cc1NCc1cccc(F)c1O. The molecule has 2 N–H and O–H groups in total. The maximum atomic E-state index is 13.2. The third-order valence-corrected chi connectivity index (χ3v) is 3.19. The van der Waals surface area contributed by atoms with Crippen LogP contribution in [0.2, 0.25) is 0 Å². The normalized spacial score (nSPS) is 10.3. The van der Waals surface area contributed by atoms with Gasteiger partial charge in [0.1, 0.15) is 5.75 Å². The molecule has 0 heterocycles. The lowest BCUT2D eigenvalue weighted by Gasteiger charge is -2.12. The van der Waals surface area contributed by atoms with Crippen molar-refractivity contribution in [2.75, 3.05) is 12.4 Å². The zero-order valence-corrected chi connectivity index (χ0v) is 11.9. The number of phenols is 1. The molecule has 0 aliphatic heterocycles. The molecule has 0 unspecified atom stereocenters. The quantitative estimate of drug-likeness (QED) is 0.895. The second-order valence-corrected chi connectivity index (χ2v) is 4.86. The van der Waals surface area contributed by atoms with E-state index in [1.165, 1.54) is 6.07 Å². The maximum Gasteiger partial charge on any atom is 0.165 e. The van der Waals surface area contributed by atoms with Crippen LogP contribution in [0.5, 0.6) is 11.5 Å². The Morgan fingerprint density at radius 3 is 2.84 bits per heavy atom. The van der Waals surface area contributed by atoms with E-state index in [0.29, 0.717) is 17.9 Å². The van der Waals surface area contributed by atoms with Gasteiger partial charge >= 0.3 is 0 Å². The molecule has 0 amide bonds. The summed E-state index contributed by atoms with van der Waals surface area (Å²) in [5.41, 5.74) is 1.25. The number of methoxy groups -OCH3 is 1. The van der Waals surface area contributed by atoms with Crippen LogP contribution in [0.15, 0.2) is 40.9 Å². The summed E-state index contributed by atoms with van der Waals surface area (Å²) >= 11 is 3.37. The molecular formula is C14H13BrFNO2. The number of anilines is 1. The number of ether oxygens (including phenoxy) is 1. The maximum absolute atomic E-state index is 13.2. The minimum Gasteiger partial charge on any atom is -0.505 e. The monoisotopic (exact) mass is 325 g/mol. The Hall–Kier alpha value is -1.75. The van der Waals surface area contributed by atoms with E-state index in [4.69, 9.17) is 4.74 Å². The number of halogens is 2. The molecule has 0 atom stereocenters. The summed E-state index contributed by atoms with van der Waals surface area (Å²) in [6.45, 7) is 0.302. The van der Waals surface area contributed by atoms with Gasteiger partial charge in [-0.25, -0.2) is 4.39 Å². The van der Waals surface area contributed by atoms with E-state index in [2.05, 4.69) is 21.2 Å². The van der Waals surface area contributed by atoms with Gasteiger partial charge in [0.2, 0.25) is 0 Å². The molecule has 3 nitrogen and oxygen atoms in total. The summed E-state index contributed by atoms with van der Waals surface area (Å²) in [5.74, 6) is -0.274. The van der Waals surface area contributed by atoms with Crippen molar-refractivity contribution in [1.82, 2.24) is 0 Å². The van der Waals surface area contributed by atoms with E-state index in [1.807, 2.05) is 18.2 Å². The van der Waals surface area contributed by atoms with Crippen molar-refractivity contribution in [2.24, 2.45) is 0 Å². The molecule has 0 saturated heterocycles. The smallest absolute Gasteiger partial charge is 0.165 e. The van der Waals surface area contributed by atoms with E-state index >= 15 is 0 Å². The third kappa shape index (κ3) is 3.17. The molecular weight excluding hydrogens is 313 g/mol. The largest absolute Gasteiger partial charge is 0.505 e. The molecule has 2 aromatic rings. The van der Waals surface area contributed by atoms with Crippen molar-refractivity contribution < 1.29 is 14.2 Å². The fourth-order valence-electron chi connectivity index (χ4n) is 1.71. The van der Waals surface area contributed by atoms with Crippen molar-refractivity contribution >= 4 is 21.6 Å². The Labute approximate surface area is 119 Å². The van der Waals surface area contributed by atoms with Gasteiger partial charge in [-0.2, -0.15) is 0 Å².